The van der Waals surface area contributed by atoms with Crippen LogP contribution in [-0.2, 0) is 4.79 Å². The molecule has 0 aliphatic heterocycles. The molecular formula is C13H11N3O4. The topological polar surface area (TPSA) is 112 Å². The first-order valence-electron chi connectivity index (χ1n) is 5.67. The van der Waals surface area contributed by atoms with Crippen LogP contribution in [0.25, 0.3) is 11.4 Å². The van der Waals surface area contributed by atoms with Gasteiger partial charge in [-0.1, -0.05) is 0 Å². The molecule has 20 heavy (non-hydrogen) atoms. The molecular weight excluding hydrogens is 262 g/mol. The summed E-state index contributed by atoms with van der Waals surface area (Å²) in [5.41, 5.74) is 1.80. The molecule has 0 fully saturated rings. The number of rotatable bonds is 5. The van der Waals surface area contributed by atoms with Crippen LogP contribution in [0.3, 0.4) is 0 Å². The summed E-state index contributed by atoms with van der Waals surface area (Å²) in [6.45, 7) is -0.188. The number of aromatic nitrogens is 2. The first-order chi connectivity index (χ1) is 9.56. The van der Waals surface area contributed by atoms with Crippen LogP contribution in [0.2, 0.25) is 0 Å². The fourth-order valence-electron chi connectivity index (χ4n) is 1.50. The van der Waals surface area contributed by atoms with Crippen molar-refractivity contribution in [3.8, 4) is 11.4 Å². The van der Waals surface area contributed by atoms with Crippen molar-refractivity contribution in [2.75, 3.05) is 11.9 Å². The van der Waals surface area contributed by atoms with E-state index in [2.05, 4.69) is 15.3 Å². The maximum atomic E-state index is 10.7. The van der Waals surface area contributed by atoms with Gasteiger partial charge < -0.3 is 15.5 Å². The van der Waals surface area contributed by atoms with Gasteiger partial charge in [-0.05, 0) is 24.3 Å². The molecule has 2 heterocycles. The second-order valence-electron chi connectivity index (χ2n) is 3.92. The number of anilines is 1. The van der Waals surface area contributed by atoms with Crippen LogP contribution in [0.15, 0.2) is 36.7 Å². The van der Waals surface area contributed by atoms with Crippen LogP contribution in [0.5, 0.6) is 0 Å². The summed E-state index contributed by atoms with van der Waals surface area (Å²) in [5.74, 6) is -2.00. The Morgan fingerprint density at radius 1 is 1.00 bits per heavy atom. The first kappa shape index (κ1) is 13.5. The van der Waals surface area contributed by atoms with Gasteiger partial charge in [-0.2, -0.15) is 0 Å². The third-order valence-corrected chi connectivity index (χ3v) is 2.48. The second kappa shape index (κ2) is 5.79. The van der Waals surface area contributed by atoms with Crippen LogP contribution in [0, 0.1) is 0 Å². The minimum Gasteiger partial charge on any atom is -0.480 e. The summed E-state index contributed by atoms with van der Waals surface area (Å²) in [4.78, 5) is 29.3. The number of carboxylic acid groups (broad SMARTS) is 2. The largest absolute Gasteiger partial charge is 0.480 e. The number of carbonyl (C=O) groups is 2. The van der Waals surface area contributed by atoms with E-state index in [1.807, 2.05) is 0 Å². The molecule has 0 bridgehead atoms. The summed E-state index contributed by atoms with van der Waals surface area (Å²) < 4.78 is 0. The molecule has 0 atom stereocenters. The highest BCUT2D eigenvalue weighted by atomic mass is 16.4. The predicted molar refractivity (Wildman–Crippen MR) is 70.6 cm³/mol. The van der Waals surface area contributed by atoms with Gasteiger partial charge >= 0.3 is 11.9 Å². The molecule has 0 unspecified atom stereocenters. The third-order valence-electron chi connectivity index (χ3n) is 2.48. The molecule has 3 N–H and O–H groups in total. The lowest BCUT2D eigenvalue weighted by molar-refractivity contribution is -0.134. The SMILES string of the molecule is O=C(O)CNc1ccc(-c2ccc(C(=O)O)cn2)nc1. The number of hydrogen-bond donors (Lipinski definition) is 3. The summed E-state index contributed by atoms with van der Waals surface area (Å²) in [5, 5.41) is 20.0. The molecule has 0 amide bonds. The number of nitrogens with one attached hydrogen (secondary N) is 1. The normalized spacial score (nSPS) is 10.0. The highest BCUT2D eigenvalue weighted by Crippen LogP contribution is 2.16. The van der Waals surface area contributed by atoms with Crippen LogP contribution >= 0.6 is 0 Å². The van der Waals surface area contributed by atoms with Crippen molar-refractivity contribution in [2.24, 2.45) is 0 Å². The Bertz CT molecular complexity index is 623. The Kier molecular flexibility index (Phi) is 3.90. The second-order valence-corrected chi connectivity index (χ2v) is 3.92. The lowest BCUT2D eigenvalue weighted by Gasteiger charge is -2.04. The number of hydrogen-bond acceptors (Lipinski definition) is 5. The third kappa shape index (κ3) is 3.29. The maximum Gasteiger partial charge on any atom is 0.337 e. The molecule has 2 rings (SSSR count). The zero-order valence-electron chi connectivity index (χ0n) is 10.3. The zero-order chi connectivity index (χ0) is 14.5. The number of aliphatic carboxylic acids is 1. The van der Waals surface area contributed by atoms with Crippen molar-refractivity contribution in [2.45, 2.75) is 0 Å². The Labute approximate surface area is 113 Å². The van der Waals surface area contributed by atoms with Gasteiger partial charge in [0, 0.05) is 6.20 Å². The van der Waals surface area contributed by atoms with Crippen molar-refractivity contribution in [1.29, 1.82) is 0 Å². The van der Waals surface area contributed by atoms with Crippen molar-refractivity contribution in [3.05, 3.63) is 42.2 Å². The summed E-state index contributed by atoms with van der Waals surface area (Å²) in [6.07, 6.45) is 2.75. The first-order valence-corrected chi connectivity index (χ1v) is 5.67. The Morgan fingerprint density at radius 3 is 2.10 bits per heavy atom. The van der Waals surface area contributed by atoms with Gasteiger partial charge in [0.05, 0.1) is 28.8 Å². The van der Waals surface area contributed by atoms with Gasteiger partial charge in [-0.3, -0.25) is 14.8 Å². The molecule has 0 aliphatic rings. The molecule has 2 aromatic rings. The van der Waals surface area contributed by atoms with Gasteiger partial charge in [0.1, 0.15) is 6.54 Å². The minimum atomic E-state index is -1.04. The molecule has 7 heteroatoms. The van der Waals surface area contributed by atoms with Crippen LogP contribution in [0.1, 0.15) is 10.4 Å². The minimum absolute atomic E-state index is 0.105. The van der Waals surface area contributed by atoms with Gasteiger partial charge in [0.15, 0.2) is 0 Å². The Hall–Kier alpha value is -2.96. The molecule has 102 valence electrons. The highest BCUT2D eigenvalue weighted by Gasteiger charge is 2.05. The number of pyridine rings is 2. The quantitative estimate of drug-likeness (QED) is 0.753. The molecule has 0 aliphatic carbocycles. The molecule has 0 spiro atoms. The van der Waals surface area contributed by atoms with Gasteiger partial charge in [0.25, 0.3) is 0 Å². The molecule has 0 saturated heterocycles. The van der Waals surface area contributed by atoms with E-state index in [0.717, 1.165) is 0 Å². The molecule has 0 radical (unpaired) electrons. The van der Waals surface area contributed by atoms with Crippen LogP contribution in [-0.4, -0.2) is 38.7 Å². The van der Waals surface area contributed by atoms with E-state index in [0.29, 0.717) is 17.1 Å². The van der Waals surface area contributed by atoms with Gasteiger partial charge in [-0.15, -0.1) is 0 Å². The maximum absolute atomic E-state index is 10.7. The van der Waals surface area contributed by atoms with E-state index < -0.39 is 11.9 Å². The van der Waals surface area contributed by atoms with Crippen molar-refractivity contribution in [3.63, 3.8) is 0 Å². The Balaban J connectivity index is 2.13. The van der Waals surface area contributed by atoms with E-state index in [1.54, 1.807) is 18.2 Å². The van der Waals surface area contributed by atoms with Gasteiger partial charge in [-0.25, -0.2) is 4.79 Å². The fourth-order valence-corrected chi connectivity index (χ4v) is 1.50. The monoisotopic (exact) mass is 273 g/mol. The molecule has 7 nitrogen and oxygen atoms in total. The zero-order valence-corrected chi connectivity index (χ0v) is 10.3. The smallest absolute Gasteiger partial charge is 0.337 e. The van der Waals surface area contributed by atoms with Crippen LogP contribution < -0.4 is 5.32 Å². The lowest BCUT2D eigenvalue weighted by Crippen LogP contribution is -2.12. The van der Waals surface area contributed by atoms with Gasteiger partial charge in [0.2, 0.25) is 0 Å². The summed E-state index contributed by atoms with van der Waals surface area (Å²) in [6, 6.07) is 6.37. The van der Waals surface area contributed by atoms with Crippen molar-refractivity contribution in [1.82, 2.24) is 9.97 Å². The average Bonchev–Trinajstić information content (AvgIpc) is 2.46. The number of carboxylic acids is 2. The predicted octanol–water partition coefficient (Wildman–Crippen LogP) is 1.34. The standard InChI is InChI=1S/C13H11N3O4/c17-12(18)7-14-9-2-4-11(16-6-9)10-3-1-8(5-15-10)13(19)20/h1-6,14H,7H2,(H,17,18)(H,19,20). The van der Waals surface area contributed by atoms with Crippen LogP contribution in [0.4, 0.5) is 5.69 Å². The summed E-state index contributed by atoms with van der Waals surface area (Å²) in [7, 11) is 0. The van der Waals surface area contributed by atoms with E-state index in [9.17, 15) is 9.59 Å². The highest BCUT2D eigenvalue weighted by molar-refractivity contribution is 5.87. The average molecular weight is 273 g/mol. The van der Waals surface area contributed by atoms with E-state index in [4.69, 9.17) is 10.2 Å². The number of nitrogens with zero attached hydrogens (tertiary/aromatic N) is 2. The number of aromatic carboxylic acids is 1. The van der Waals surface area contributed by atoms with Crippen molar-refractivity contribution >= 4 is 17.6 Å². The van der Waals surface area contributed by atoms with E-state index in [-0.39, 0.29) is 12.1 Å². The molecule has 2 aromatic heterocycles. The van der Waals surface area contributed by atoms with E-state index >= 15 is 0 Å². The Morgan fingerprint density at radius 2 is 1.65 bits per heavy atom. The van der Waals surface area contributed by atoms with E-state index in [1.165, 1.54) is 18.5 Å². The molecule has 0 aromatic carbocycles. The molecule has 0 saturated carbocycles. The van der Waals surface area contributed by atoms with Crippen molar-refractivity contribution < 1.29 is 19.8 Å². The lowest BCUT2D eigenvalue weighted by atomic mass is 10.2. The fraction of sp³-hybridized carbons (Fsp3) is 0.0769. The summed E-state index contributed by atoms with van der Waals surface area (Å²) >= 11 is 0.